The zero-order valence-electron chi connectivity index (χ0n) is 14.8. The largest absolute Gasteiger partial charge is 0.357 e. The first kappa shape index (κ1) is 21.9. The topological polar surface area (TPSA) is 90.8 Å². The summed E-state index contributed by atoms with van der Waals surface area (Å²) in [5.41, 5.74) is 0. The van der Waals surface area contributed by atoms with Gasteiger partial charge in [0.2, 0.25) is 5.95 Å². The number of hydrogen-bond acceptors (Lipinski definition) is 6. The van der Waals surface area contributed by atoms with E-state index in [1.165, 1.54) is 6.26 Å². The first-order valence-corrected chi connectivity index (χ1v) is 10.3. The molecule has 142 valence electrons. The molecule has 0 unspecified atom stereocenters. The molecule has 0 spiro atoms. The van der Waals surface area contributed by atoms with Crippen molar-refractivity contribution in [2.24, 2.45) is 4.99 Å². The molecule has 0 saturated carbocycles. The van der Waals surface area contributed by atoms with Gasteiger partial charge in [-0.2, -0.15) is 0 Å². The van der Waals surface area contributed by atoms with Crippen LogP contribution in [0.3, 0.4) is 0 Å². The molecule has 1 aliphatic rings. The molecule has 1 fully saturated rings. The second-order valence-corrected chi connectivity index (χ2v) is 8.00. The molecule has 1 aromatic heterocycles. The molecule has 0 amide bonds. The minimum absolute atomic E-state index is 0. The Morgan fingerprint density at radius 3 is 2.44 bits per heavy atom. The lowest BCUT2D eigenvalue weighted by atomic mass is 10.3. The lowest BCUT2D eigenvalue weighted by Crippen LogP contribution is -2.53. The van der Waals surface area contributed by atoms with E-state index in [2.05, 4.69) is 30.1 Å². The van der Waals surface area contributed by atoms with E-state index in [0.29, 0.717) is 13.0 Å². The zero-order chi connectivity index (χ0) is 17.4. The number of halogens is 1. The standard InChI is InChI=1S/C15H26N6O2S.HI/c1-3-16-14(19-8-5-13-24(2,22)23)20-9-11-21(12-10-20)15-17-6-4-7-18-15;/h4,6-7H,3,5,8-13H2,1-2H3,(H,16,19);1H. The third-order valence-electron chi connectivity index (χ3n) is 3.68. The molecule has 25 heavy (non-hydrogen) atoms. The number of rotatable bonds is 6. The van der Waals surface area contributed by atoms with Crippen molar-refractivity contribution >= 4 is 45.7 Å². The fourth-order valence-corrected chi connectivity index (χ4v) is 3.16. The van der Waals surface area contributed by atoms with Gasteiger partial charge in [0.05, 0.1) is 5.75 Å². The second-order valence-electron chi connectivity index (χ2n) is 5.74. The van der Waals surface area contributed by atoms with Gasteiger partial charge in [-0.1, -0.05) is 0 Å². The zero-order valence-corrected chi connectivity index (χ0v) is 17.9. The van der Waals surface area contributed by atoms with Gasteiger partial charge in [0.1, 0.15) is 9.84 Å². The van der Waals surface area contributed by atoms with Crippen LogP contribution >= 0.6 is 24.0 Å². The van der Waals surface area contributed by atoms with Crippen molar-refractivity contribution in [1.82, 2.24) is 20.2 Å². The van der Waals surface area contributed by atoms with E-state index < -0.39 is 9.84 Å². The molecule has 2 heterocycles. The number of anilines is 1. The summed E-state index contributed by atoms with van der Waals surface area (Å²) in [5.74, 6) is 1.78. The summed E-state index contributed by atoms with van der Waals surface area (Å²) in [6, 6.07) is 1.81. The molecule has 8 nitrogen and oxygen atoms in total. The Kier molecular flexibility index (Phi) is 9.39. The molecule has 1 aromatic rings. The fourth-order valence-electron chi connectivity index (χ4n) is 2.51. The normalized spacial score (nSPS) is 15.7. The molecule has 0 bridgehead atoms. The van der Waals surface area contributed by atoms with E-state index in [9.17, 15) is 8.42 Å². The van der Waals surface area contributed by atoms with Crippen LogP contribution in [0.25, 0.3) is 0 Å². The van der Waals surface area contributed by atoms with Crippen LogP contribution in [0.1, 0.15) is 13.3 Å². The van der Waals surface area contributed by atoms with Gasteiger partial charge in [-0.15, -0.1) is 24.0 Å². The van der Waals surface area contributed by atoms with Crippen molar-refractivity contribution in [3.8, 4) is 0 Å². The van der Waals surface area contributed by atoms with Crippen molar-refractivity contribution in [2.45, 2.75) is 13.3 Å². The van der Waals surface area contributed by atoms with Crippen LogP contribution in [0.4, 0.5) is 5.95 Å². The Morgan fingerprint density at radius 1 is 1.24 bits per heavy atom. The number of hydrogen-bond donors (Lipinski definition) is 1. The molecular formula is C15H27IN6O2S. The number of nitrogens with one attached hydrogen (secondary N) is 1. The summed E-state index contributed by atoms with van der Waals surface area (Å²) < 4.78 is 22.4. The molecular weight excluding hydrogens is 455 g/mol. The number of sulfone groups is 1. The maximum absolute atomic E-state index is 11.2. The molecule has 0 radical (unpaired) electrons. The molecule has 1 aliphatic heterocycles. The third-order valence-corrected chi connectivity index (χ3v) is 4.71. The minimum Gasteiger partial charge on any atom is -0.357 e. The third kappa shape index (κ3) is 7.72. The fraction of sp³-hybridized carbons (Fsp3) is 0.667. The predicted octanol–water partition coefficient (Wildman–Crippen LogP) is 0.617. The van der Waals surface area contributed by atoms with Crippen molar-refractivity contribution in [2.75, 3.05) is 56.2 Å². The highest BCUT2D eigenvalue weighted by atomic mass is 127. The van der Waals surface area contributed by atoms with Gasteiger partial charge in [-0.25, -0.2) is 18.4 Å². The van der Waals surface area contributed by atoms with Crippen LogP contribution in [0.5, 0.6) is 0 Å². The van der Waals surface area contributed by atoms with Gasteiger partial charge in [0.15, 0.2) is 5.96 Å². The number of aliphatic imine (C=N–C) groups is 1. The average Bonchev–Trinajstić information content (AvgIpc) is 2.58. The Morgan fingerprint density at radius 2 is 1.88 bits per heavy atom. The summed E-state index contributed by atoms with van der Waals surface area (Å²) in [5, 5.41) is 3.28. The van der Waals surface area contributed by atoms with Gasteiger partial charge in [0, 0.05) is 57.9 Å². The van der Waals surface area contributed by atoms with Crippen LogP contribution in [0.2, 0.25) is 0 Å². The maximum atomic E-state index is 11.2. The molecule has 10 heteroatoms. The first-order chi connectivity index (χ1) is 11.5. The lowest BCUT2D eigenvalue weighted by Gasteiger charge is -2.36. The highest BCUT2D eigenvalue weighted by Gasteiger charge is 2.20. The van der Waals surface area contributed by atoms with Crippen LogP contribution in [0, 0.1) is 0 Å². The average molecular weight is 482 g/mol. The Labute approximate surface area is 167 Å². The lowest BCUT2D eigenvalue weighted by molar-refractivity contribution is 0.370. The van der Waals surface area contributed by atoms with E-state index in [4.69, 9.17) is 0 Å². The van der Waals surface area contributed by atoms with Crippen LogP contribution in [-0.4, -0.2) is 80.5 Å². The smallest absolute Gasteiger partial charge is 0.225 e. The van der Waals surface area contributed by atoms with Gasteiger partial charge in [0.25, 0.3) is 0 Å². The maximum Gasteiger partial charge on any atom is 0.225 e. The van der Waals surface area contributed by atoms with Gasteiger partial charge in [-0.05, 0) is 19.4 Å². The van der Waals surface area contributed by atoms with E-state index in [1.54, 1.807) is 12.4 Å². The summed E-state index contributed by atoms with van der Waals surface area (Å²) in [6.07, 6.45) is 5.31. The van der Waals surface area contributed by atoms with Crippen molar-refractivity contribution < 1.29 is 8.42 Å². The van der Waals surface area contributed by atoms with Crippen LogP contribution < -0.4 is 10.2 Å². The number of piperazine rings is 1. The SMILES string of the molecule is CCNC(=NCCCS(C)(=O)=O)N1CCN(c2ncccn2)CC1.I. The Balaban J connectivity index is 0.00000312. The van der Waals surface area contributed by atoms with Gasteiger partial charge < -0.3 is 15.1 Å². The number of nitrogens with zero attached hydrogens (tertiary/aromatic N) is 5. The van der Waals surface area contributed by atoms with Crippen LogP contribution in [0.15, 0.2) is 23.5 Å². The van der Waals surface area contributed by atoms with Crippen LogP contribution in [-0.2, 0) is 9.84 Å². The van der Waals surface area contributed by atoms with Gasteiger partial charge in [-0.3, -0.25) is 4.99 Å². The summed E-state index contributed by atoms with van der Waals surface area (Å²) in [6.45, 7) is 6.65. The summed E-state index contributed by atoms with van der Waals surface area (Å²) in [4.78, 5) is 17.5. The van der Waals surface area contributed by atoms with Gasteiger partial charge >= 0.3 is 0 Å². The number of aromatic nitrogens is 2. The van der Waals surface area contributed by atoms with E-state index in [0.717, 1.165) is 44.6 Å². The monoisotopic (exact) mass is 482 g/mol. The highest BCUT2D eigenvalue weighted by molar-refractivity contribution is 14.0. The molecule has 1 saturated heterocycles. The molecule has 0 aromatic carbocycles. The molecule has 1 N–H and O–H groups in total. The van der Waals surface area contributed by atoms with E-state index >= 15 is 0 Å². The van der Waals surface area contributed by atoms with Crippen molar-refractivity contribution in [3.63, 3.8) is 0 Å². The highest BCUT2D eigenvalue weighted by Crippen LogP contribution is 2.09. The Bertz CT molecular complexity index is 633. The minimum atomic E-state index is -2.92. The molecule has 2 rings (SSSR count). The van der Waals surface area contributed by atoms with E-state index in [-0.39, 0.29) is 29.7 Å². The summed E-state index contributed by atoms with van der Waals surface area (Å²) in [7, 11) is -2.92. The van der Waals surface area contributed by atoms with E-state index in [1.807, 2.05) is 13.0 Å². The Hall–Kier alpha value is -1.17. The van der Waals surface area contributed by atoms with Crippen molar-refractivity contribution in [3.05, 3.63) is 18.5 Å². The first-order valence-electron chi connectivity index (χ1n) is 8.22. The summed E-state index contributed by atoms with van der Waals surface area (Å²) >= 11 is 0. The van der Waals surface area contributed by atoms with Crippen molar-refractivity contribution in [1.29, 1.82) is 0 Å². The molecule has 0 aliphatic carbocycles. The quantitative estimate of drug-likeness (QED) is 0.275. The predicted molar refractivity (Wildman–Crippen MR) is 112 cm³/mol. The molecule has 0 atom stereocenters. The second kappa shape index (κ2) is 10.7. The number of guanidine groups is 1.